The molecule has 0 aromatic heterocycles. The lowest BCUT2D eigenvalue weighted by Gasteiger charge is -2.29. The average molecular weight is 255 g/mol. The van der Waals surface area contributed by atoms with Crippen molar-refractivity contribution in [2.24, 2.45) is 11.8 Å². The van der Waals surface area contributed by atoms with Crippen molar-refractivity contribution in [2.45, 2.75) is 71.3 Å². The van der Waals surface area contributed by atoms with Crippen molar-refractivity contribution < 1.29 is 4.74 Å². The van der Waals surface area contributed by atoms with Crippen LogP contribution in [-0.4, -0.2) is 25.8 Å². The van der Waals surface area contributed by atoms with Crippen LogP contribution in [0.2, 0.25) is 0 Å². The van der Waals surface area contributed by atoms with Crippen LogP contribution in [0.5, 0.6) is 0 Å². The molecule has 0 spiro atoms. The smallest absolute Gasteiger partial charge is 0.0462 e. The predicted octanol–water partition coefficient (Wildman–Crippen LogP) is 4.00. The molecule has 1 saturated carbocycles. The number of rotatable bonds is 8. The van der Waals surface area contributed by atoms with Crippen molar-refractivity contribution in [3.05, 3.63) is 0 Å². The van der Waals surface area contributed by atoms with Crippen LogP contribution >= 0.6 is 0 Å². The van der Waals surface area contributed by atoms with E-state index in [9.17, 15) is 0 Å². The van der Waals surface area contributed by atoms with Crippen molar-refractivity contribution in [3.8, 4) is 0 Å². The summed E-state index contributed by atoms with van der Waals surface area (Å²) in [6.07, 6.45) is 9.73. The fourth-order valence-electron chi connectivity index (χ4n) is 3.02. The van der Waals surface area contributed by atoms with Crippen molar-refractivity contribution >= 4 is 0 Å². The fourth-order valence-corrected chi connectivity index (χ4v) is 3.02. The topological polar surface area (TPSA) is 21.3 Å². The Morgan fingerprint density at radius 3 is 2.39 bits per heavy atom. The first-order valence-electron chi connectivity index (χ1n) is 7.77. The summed E-state index contributed by atoms with van der Waals surface area (Å²) in [7, 11) is 1.80. The van der Waals surface area contributed by atoms with Crippen LogP contribution < -0.4 is 5.32 Å². The number of nitrogens with one attached hydrogen (secondary N) is 1. The van der Waals surface area contributed by atoms with Gasteiger partial charge in [0.2, 0.25) is 0 Å². The third kappa shape index (κ3) is 6.75. The molecule has 1 atom stereocenters. The molecule has 0 heterocycles. The van der Waals surface area contributed by atoms with E-state index in [2.05, 4.69) is 26.1 Å². The Kier molecular flexibility index (Phi) is 7.25. The lowest BCUT2D eigenvalue weighted by atomic mass is 9.86. The third-order valence-electron chi connectivity index (χ3n) is 4.13. The van der Waals surface area contributed by atoms with Gasteiger partial charge in [-0.3, -0.25) is 0 Å². The molecule has 0 aromatic rings. The standard InChI is InChI=1S/C16H33NO/c1-16(2,3)17-13-15(11-7-8-12-18-4)14-9-5-6-10-14/h14-15,17H,5-13H2,1-4H3. The van der Waals surface area contributed by atoms with Crippen molar-refractivity contribution in [1.29, 1.82) is 0 Å². The van der Waals surface area contributed by atoms with Crippen molar-refractivity contribution in [1.82, 2.24) is 5.32 Å². The maximum atomic E-state index is 5.15. The van der Waals surface area contributed by atoms with Crippen LogP contribution in [0.15, 0.2) is 0 Å². The summed E-state index contributed by atoms with van der Waals surface area (Å²) in [4.78, 5) is 0. The third-order valence-corrected chi connectivity index (χ3v) is 4.13. The van der Waals surface area contributed by atoms with Gasteiger partial charge in [-0.1, -0.05) is 32.1 Å². The second kappa shape index (κ2) is 8.16. The first kappa shape index (κ1) is 16.0. The summed E-state index contributed by atoms with van der Waals surface area (Å²) in [6, 6.07) is 0. The molecule has 2 nitrogen and oxygen atoms in total. The van der Waals surface area contributed by atoms with Gasteiger partial charge in [0, 0.05) is 19.3 Å². The fraction of sp³-hybridized carbons (Fsp3) is 1.00. The van der Waals surface area contributed by atoms with Crippen molar-refractivity contribution in [2.75, 3.05) is 20.3 Å². The number of ether oxygens (including phenoxy) is 1. The number of hydrogen-bond acceptors (Lipinski definition) is 2. The molecule has 1 rings (SSSR count). The summed E-state index contributed by atoms with van der Waals surface area (Å²) in [5.74, 6) is 1.85. The van der Waals surface area contributed by atoms with Crippen LogP contribution in [-0.2, 0) is 4.74 Å². The molecule has 0 bridgehead atoms. The van der Waals surface area contributed by atoms with Gasteiger partial charge in [-0.2, -0.15) is 0 Å². The largest absolute Gasteiger partial charge is 0.385 e. The molecule has 1 fully saturated rings. The summed E-state index contributed by atoms with van der Waals surface area (Å²) in [5, 5.41) is 3.71. The van der Waals surface area contributed by atoms with E-state index >= 15 is 0 Å². The van der Waals surface area contributed by atoms with Gasteiger partial charge in [-0.05, 0) is 52.0 Å². The minimum absolute atomic E-state index is 0.253. The molecule has 1 unspecified atom stereocenters. The van der Waals surface area contributed by atoms with E-state index in [1.807, 2.05) is 0 Å². The molecule has 1 N–H and O–H groups in total. The first-order valence-corrected chi connectivity index (χ1v) is 7.77. The molecular weight excluding hydrogens is 222 g/mol. The average Bonchev–Trinajstić information content (AvgIpc) is 2.80. The first-order chi connectivity index (χ1) is 8.53. The molecule has 0 aliphatic heterocycles. The summed E-state index contributed by atoms with van der Waals surface area (Å²) in [5.41, 5.74) is 0.253. The lowest BCUT2D eigenvalue weighted by molar-refractivity contribution is 0.185. The van der Waals surface area contributed by atoms with E-state index in [-0.39, 0.29) is 5.54 Å². The van der Waals surface area contributed by atoms with Crippen LogP contribution in [0.1, 0.15) is 65.7 Å². The van der Waals surface area contributed by atoms with Gasteiger partial charge in [0.05, 0.1) is 0 Å². The van der Waals surface area contributed by atoms with Gasteiger partial charge < -0.3 is 10.1 Å². The zero-order chi connectivity index (χ0) is 13.4. The predicted molar refractivity (Wildman–Crippen MR) is 78.9 cm³/mol. The Hall–Kier alpha value is -0.0800. The van der Waals surface area contributed by atoms with E-state index in [1.165, 1.54) is 51.5 Å². The minimum Gasteiger partial charge on any atom is -0.385 e. The Morgan fingerprint density at radius 2 is 1.83 bits per heavy atom. The summed E-state index contributed by atoms with van der Waals surface area (Å²) >= 11 is 0. The lowest BCUT2D eigenvalue weighted by Crippen LogP contribution is -2.40. The molecule has 108 valence electrons. The van der Waals surface area contributed by atoms with E-state index < -0.39 is 0 Å². The maximum absolute atomic E-state index is 5.15. The van der Waals surface area contributed by atoms with Crippen LogP contribution in [0.4, 0.5) is 0 Å². The Bertz CT molecular complexity index is 204. The van der Waals surface area contributed by atoms with Crippen LogP contribution in [0, 0.1) is 11.8 Å². The van der Waals surface area contributed by atoms with E-state index in [1.54, 1.807) is 7.11 Å². The molecule has 1 aliphatic rings. The number of unbranched alkanes of at least 4 members (excludes halogenated alkanes) is 1. The Labute approximate surface area is 114 Å². The molecule has 1 aliphatic carbocycles. The zero-order valence-electron chi connectivity index (χ0n) is 12.9. The van der Waals surface area contributed by atoms with E-state index in [0.717, 1.165) is 18.4 Å². The number of methoxy groups -OCH3 is 1. The highest BCUT2D eigenvalue weighted by Crippen LogP contribution is 2.33. The maximum Gasteiger partial charge on any atom is 0.0462 e. The van der Waals surface area contributed by atoms with Gasteiger partial charge in [-0.25, -0.2) is 0 Å². The Balaban J connectivity index is 2.31. The Morgan fingerprint density at radius 1 is 1.17 bits per heavy atom. The van der Waals surface area contributed by atoms with E-state index in [4.69, 9.17) is 4.74 Å². The van der Waals surface area contributed by atoms with Crippen molar-refractivity contribution in [3.63, 3.8) is 0 Å². The van der Waals surface area contributed by atoms with Gasteiger partial charge in [0.25, 0.3) is 0 Å². The normalized spacial score (nSPS) is 19.3. The van der Waals surface area contributed by atoms with Gasteiger partial charge >= 0.3 is 0 Å². The molecule has 0 radical (unpaired) electrons. The highest BCUT2D eigenvalue weighted by Gasteiger charge is 2.25. The SMILES string of the molecule is COCCCCC(CNC(C)(C)C)C1CCCC1. The molecular formula is C16H33NO. The summed E-state index contributed by atoms with van der Waals surface area (Å²) < 4.78 is 5.15. The minimum atomic E-state index is 0.253. The molecule has 0 saturated heterocycles. The second-order valence-corrected chi connectivity index (χ2v) is 6.92. The number of hydrogen-bond donors (Lipinski definition) is 1. The van der Waals surface area contributed by atoms with Gasteiger partial charge in [0.1, 0.15) is 0 Å². The second-order valence-electron chi connectivity index (χ2n) is 6.92. The summed E-state index contributed by atoms with van der Waals surface area (Å²) in [6.45, 7) is 8.92. The molecule has 18 heavy (non-hydrogen) atoms. The zero-order valence-corrected chi connectivity index (χ0v) is 12.9. The highest BCUT2D eigenvalue weighted by atomic mass is 16.5. The van der Waals surface area contributed by atoms with Gasteiger partial charge in [-0.15, -0.1) is 0 Å². The molecule has 0 aromatic carbocycles. The van der Waals surface area contributed by atoms with Gasteiger partial charge in [0.15, 0.2) is 0 Å². The van der Waals surface area contributed by atoms with E-state index in [0.29, 0.717) is 0 Å². The van der Waals surface area contributed by atoms with Crippen LogP contribution in [0.3, 0.4) is 0 Å². The molecule has 0 amide bonds. The quantitative estimate of drug-likeness (QED) is 0.662. The molecule has 2 heteroatoms. The highest BCUT2D eigenvalue weighted by molar-refractivity contribution is 4.80. The van der Waals surface area contributed by atoms with Crippen LogP contribution in [0.25, 0.3) is 0 Å². The monoisotopic (exact) mass is 255 g/mol.